The fourth-order valence-corrected chi connectivity index (χ4v) is 0.283. The Balaban J connectivity index is 0. The second-order valence-electron chi connectivity index (χ2n) is 0.773. The second kappa shape index (κ2) is 4.99. The molecule has 48 valence electrons. The molecule has 0 aromatic rings. The van der Waals surface area contributed by atoms with Crippen molar-refractivity contribution in [1.29, 1.82) is 0 Å². The lowest BCUT2D eigenvalue weighted by atomic mass is 11.1. The first-order chi connectivity index (χ1) is 3.13. The first-order valence-corrected chi connectivity index (χ1v) is 2.25. The number of thiol groups is 2. The van der Waals surface area contributed by atoms with Crippen molar-refractivity contribution in [2.45, 2.75) is 7.43 Å². The molecule has 0 radical (unpaired) electrons. The van der Waals surface area contributed by atoms with Crippen molar-refractivity contribution in [2.75, 3.05) is 0 Å². The summed E-state index contributed by atoms with van der Waals surface area (Å²) in [4.78, 5) is 8.83. The van der Waals surface area contributed by atoms with E-state index in [0.29, 0.717) is 6.20 Å². The van der Waals surface area contributed by atoms with Crippen LogP contribution in [0.2, 0.25) is 0 Å². The zero-order valence-corrected chi connectivity index (χ0v) is 5.02. The van der Waals surface area contributed by atoms with Crippen LogP contribution in [0.15, 0.2) is 10.4 Å². The van der Waals surface area contributed by atoms with Gasteiger partial charge in [0.2, 0.25) is 0 Å². The molecule has 0 atom stereocenters. The van der Waals surface area contributed by atoms with Gasteiger partial charge in [-0.3, -0.25) is 10.1 Å². The Morgan fingerprint density at radius 3 is 2.00 bits per heavy atom. The van der Waals surface area contributed by atoms with Gasteiger partial charge in [-0.1, -0.05) is 7.43 Å². The topological polar surface area (TPSA) is 43.1 Å². The lowest BCUT2D eigenvalue weighted by Gasteiger charge is -1.76. The van der Waals surface area contributed by atoms with Crippen LogP contribution in [0.5, 0.6) is 0 Å². The molecule has 0 bridgehead atoms. The molecule has 0 rings (SSSR count). The highest BCUT2D eigenvalue weighted by atomic mass is 32.2. The zero-order chi connectivity index (χ0) is 5.86. The molecule has 5 heteroatoms. The highest BCUT2D eigenvalue weighted by Gasteiger charge is 1.85. The summed E-state index contributed by atoms with van der Waals surface area (Å²) in [6.45, 7) is 0. The average Bonchev–Trinajstić information content (AvgIpc) is 1.27. The van der Waals surface area contributed by atoms with Crippen LogP contribution in [0, 0.1) is 10.1 Å². The zero-order valence-electron chi connectivity index (χ0n) is 3.24. The third-order valence-corrected chi connectivity index (χ3v) is 0.452. The molecule has 0 fully saturated rings. The van der Waals surface area contributed by atoms with Gasteiger partial charge in [-0.25, -0.2) is 0 Å². The van der Waals surface area contributed by atoms with E-state index in [1.807, 2.05) is 0 Å². The van der Waals surface area contributed by atoms with Gasteiger partial charge in [-0.15, -0.1) is 25.3 Å². The summed E-state index contributed by atoms with van der Waals surface area (Å²) in [5.41, 5.74) is 0. The maximum absolute atomic E-state index is 9.44. The van der Waals surface area contributed by atoms with Crippen molar-refractivity contribution >= 4 is 25.3 Å². The van der Waals surface area contributed by atoms with E-state index in [1.165, 1.54) is 0 Å². The smallest absolute Gasteiger partial charge is 0.253 e. The summed E-state index contributed by atoms with van der Waals surface area (Å²) in [6.07, 6.45) is 0.701. The number of hydrogen-bond donors (Lipinski definition) is 2. The summed E-state index contributed by atoms with van der Waals surface area (Å²) in [5.74, 6) is 0. The first kappa shape index (κ1) is 10.8. The van der Waals surface area contributed by atoms with Crippen molar-refractivity contribution in [3.8, 4) is 0 Å². The SMILES string of the molecule is C.O=[N+]([O-])C=C(S)S. The van der Waals surface area contributed by atoms with Gasteiger partial charge in [0, 0.05) is 0 Å². The van der Waals surface area contributed by atoms with Crippen molar-refractivity contribution in [3.63, 3.8) is 0 Å². The first-order valence-electron chi connectivity index (χ1n) is 1.36. The number of nitrogens with zero attached hydrogens (tertiary/aromatic N) is 1. The van der Waals surface area contributed by atoms with E-state index in [2.05, 4.69) is 25.3 Å². The van der Waals surface area contributed by atoms with Gasteiger partial charge in [0.25, 0.3) is 6.20 Å². The third-order valence-electron chi connectivity index (χ3n) is 0.221. The molecule has 0 aliphatic rings. The second-order valence-corrected chi connectivity index (χ2v) is 2.09. The molecule has 0 aromatic heterocycles. The summed E-state index contributed by atoms with van der Waals surface area (Å²) in [7, 11) is 0. The number of nitro groups is 1. The summed E-state index contributed by atoms with van der Waals surface area (Å²) in [5, 5.41) is 9.44. The Morgan fingerprint density at radius 2 is 2.00 bits per heavy atom. The molecule has 0 aliphatic heterocycles. The van der Waals surface area contributed by atoms with Gasteiger partial charge in [0.05, 0.1) is 4.92 Å². The Morgan fingerprint density at radius 1 is 1.62 bits per heavy atom. The number of rotatable bonds is 1. The van der Waals surface area contributed by atoms with Crippen molar-refractivity contribution in [3.05, 3.63) is 20.6 Å². The molecule has 0 unspecified atom stereocenters. The van der Waals surface area contributed by atoms with E-state index >= 15 is 0 Å². The molecule has 0 aliphatic carbocycles. The lowest BCUT2D eigenvalue weighted by molar-refractivity contribution is -0.402. The molecule has 3 nitrogen and oxygen atoms in total. The molecule has 0 saturated carbocycles. The molecule has 0 amide bonds. The van der Waals surface area contributed by atoms with Crippen LogP contribution in [0.3, 0.4) is 0 Å². The van der Waals surface area contributed by atoms with Crippen LogP contribution >= 0.6 is 25.3 Å². The lowest BCUT2D eigenvalue weighted by Crippen LogP contribution is -1.81. The Hall–Kier alpha value is -0.160. The van der Waals surface area contributed by atoms with Gasteiger partial charge in [0.15, 0.2) is 0 Å². The van der Waals surface area contributed by atoms with E-state index in [9.17, 15) is 10.1 Å². The summed E-state index contributed by atoms with van der Waals surface area (Å²) in [6, 6.07) is 0. The van der Waals surface area contributed by atoms with Gasteiger partial charge in [0.1, 0.15) is 4.24 Å². The predicted octanol–water partition coefficient (Wildman–Crippen LogP) is 1.56. The quantitative estimate of drug-likeness (QED) is 0.341. The molecule has 0 aromatic carbocycles. The largest absolute Gasteiger partial charge is 0.259 e. The monoisotopic (exact) mass is 153 g/mol. The van der Waals surface area contributed by atoms with Crippen LogP contribution in [-0.2, 0) is 0 Å². The van der Waals surface area contributed by atoms with E-state index < -0.39 is 4.92 Å². The van der Waals surface area contributed by atoms with Crippen LogP contribution in [0.1, 0.15) is 7.43 Å². The van der Waals surface area contributed by atoms with Gasteiger partial charge in [-0.2, -0.15) is 0 Å². The van der Waals surface area contributed by atoms with Crippen LogP contribution in [0.25, 0.3) is 0 Å². The fourth-order valence-electron chi connectivity index (χ4n) is 0.0943. The molecule has 0 N–H and O–H groups in total. The summed E-state index contributed by atoms with van der Waals surface area (Å²) >= 11 is 7.04. The Kier molecular flexibility index (Phi) is 6.70. The highest BCUT2D eigenvalue weighted by molar-refractivity contribution is 8.04. The molecule has 0 spiro atoms. The fraction of sp³-hybridized carbons (Fsp3) is 0.333. The van der Waals surface area contributed by atoms with Crippen molar-refractivity contribution in [2.24, 2.45) is 0 Å². The van der Waals surface area contributed by atoms with Crippen LogP contribution in [-0.4, -0.2) is 4.92 Å². The van der Waals surface area contributed by atoms with Gasteiger partial charge in [-0.05, 0) is 0 Å². The van der Waals surface area contributed by atoms with Crippen molar-refractivity contribution in [1.82, 2.24) is 0 Å². The van der Waals surface area contributed by atoms with E-state index in [-0.39, 0.29) is 11.7 Å². The predicted molar refractivity (Wildman–Crippen MR) is 39.8 cm³/mol. The van der Waals surface area contributed by atoms with E-state index in [0.717, 1.165) is 0 Å². The maximum atomic E-state index is 9.44. The number of hydrogen-bond acceptors (Lipinski definition) is 4. The Labute approximate surface area is 58.7 Å². The summed E-state index contributed by atoms with van der Waals surface area (Å²) < 4.78 is 0.102. The van der Waals surface area contributed by atoms with E-state index in [4.69, 9.17) is 0 Å². The van der Waals surface area contributed by atoms with Gasteiger partial charge < -0.3 is 0 Å². The van der Waals surface area contributed by atoms with Crippen LogP contribution < -0.4 is 0 Å². The minimum atomic E-state index is -0.616. The normalized spacial score (nSPS) is 6.75. The van der Waals surface area contributed by atoms with Crippen LogP contribution in [0.4, 0.5) is 0 Å². The van der Waals surface area contributed by atoms with E-state index in [1.54, 1.807) is 0 Å². The Bertz CT molecular complexity index is 108. The molecule has 0 saturated heterocycles. The minimum absolute atomic E-state index is 0. The molecule has 0 heterocycles. The average molecular weight is 153 g/mol. The molecule has 8 heavy (non-hydrogen) atoms. The minimum Gasteiger partial charge on any atom is -0.259 e. The highest BCUT2D eigenvalue weighted by Crippen LogP contribution is 2.02. The van der Waals surface area contributed by atoms with Crippen molar-refractivity contribution < 1.29 is 4.92 Å². The molecular formula is C3H7NO2S2. The molecular weight excluding hydrogens is 146 g/mol. The van der Waals surface area contributed by atoms with Gasteiger partial charge >= 0.3 is 0 Å². The standard InChI is InChI=1S/C2H3NO2S2.CH4/c4-3(5)1-2(6)7;/h1,6-7H;1H4. The maximum Gasteiger partial charge on any atom is 0.253 e. The third kappa shape index (κ3) is 9.28.